The second-order valence-corrected chi connectivity index (χ2v) is 43.9. The van der Waals surface area contributed by atoms with Gasteiger partial charge in [0.25, 0.3) is 11.4 Å². The summed E-state index contributed by atoms with van der Waals surface area (Å²) in [7, 11) is 0. The fourth-order valence-electron chi connectivity index (χ4n) is 11.7. The first-order valence-corrected chi connectivity index (χ1v) is 46.5. The number of anilines is 7. The van der Waals surface area contributed by atoms with E-state index in [1.54, 1.807) is 65.8 Å². The molecule has 0 radical (unpaired) electrons. The van der Waals surface area contributed by atoms with Gasteiger partial charge in [-0.25, -0.2) is 0 Å². The molecule has 13 N–H and O–H groups in total. The van der Waals surface area contributed by atoms with Crippen molar-refractivity contribution in [3.05, 3.63) is 296 Å². The number of nitrogen functional groups attached to an aromatic ring is 3. The molecule has 2 atom stereocenters. The number of H-pyrrole nitrogens is 3. The van der Waals surface area contributed by atoms with Crippen LogP contribution >= 0.6 is 23.2 Å². The molecule has 3 aromatic heterocycles. The number of nitro benzene ring substituents is 2. The number of carbonyl (C=O) groups excluding carboxylic acids is 4. The van der Waals surface area contributed by atoms with E-state index >= 15 is 0 Å². The summed E-state index contributed by atoms with van der Waals surface area (Å²) in [4.78, 5) is 74.4. The molecular formula is C113H161Cl2LiN12O8. The van der Waals surface area contributed by atoms with Crippen molar-refractivity contribution < 1.29 is 47.9 Å². The van der Waals surface area contributed by atoms with E-state index in [1.807, 2.05) is 191 Å². The molecule has 2 amide bonds. The molecular weight excluding hydrogens is 1730 g/mol. The summed E-state index contributed by atoms with van der Waals surface area (Å²) in [5.41, 5.74) is 37.0. The van der Waals surface area contributed by atoms with Gasteiger partial charge in [-0.05, 0) is 192 Å². The molecule has 14 rings (SSSR count). The maximum absolute atomic E-state index is 11.7. The average Bonchev–Trinajstić information content (AvgIpc) is 1.57. The smallest absolute Gasteiger partial charge is 0.399 e. The zero-order valence-electron chi connectivity index (χ0n) is 87.1. The third-order valence-corrected chi connectivity index (χ3v) is 22.5. The Bertz CT molecular complexity index is 5530. The third kappa shape index (κ3) is 43.5. The topological polar surface area (TPSA) is 328 Å². The number of rotatable bonds is 5. The summed E-state index contributed by atoms with van der Waals surface area (Å²) in [5.74, 6) is 0.0959. The molecule has 2 unspecified atom stereocenters. The molecule has 136 heavy (non-hydrogen) atoms. The summed E-state index contributed by atoms with van der Waals surface area (Å²) in [5, 5.41) is 37.0. The van der Waals surface area contributed by atoms with E-state index in [0.717, 1.165) is 91.3 Å². The van der Waals surface area contributed by atoms with Gasteiger partial charge in [0, 0.05) is 148 Å². The Labute approximate surface area is 836 Å². The largest absolute Gasteiger partial charge is 1.00 e. The SMILES string of the molecule is C.CC(C)(C)C(=O)Cl.CC(C)(C)C(=O)Cl.CC(C)(C)C1Cc2ccc([N+](=O)[O-])cc2N1.CC(C)(C)C1Cc2ccccc2N1.CC(C)(C)c1cc2ccc(N)cc2[nH]1.CC(C)(C)c1cc2ccc([N+](=O)[O-])cc2[nH]1.CC(C)(C)c1cc2ccccc2[nH]1.Cc1ccccc1N.Cc1ccccc1N.Cc1ccccc1NC(=O)C(C)(C)C.Cc1ccccc1NC(=O)C(C)(C)C.[CH2-]CCC.[Li+]. The van der Waals surface area contributed by atoms with Crippen molar-refractivity contribution in [2.45, 2.75) is 283 Å². The van der Waals surface area contributed by atoms with Crippen LogP contribution in [0.15, 0.2) is 218 Å². The number of benzene rings is 9. The summed E-state index contributed by atoms with van der Waals surface area (Å²) < 4.78 is 0. The van der Waals surface area contributed by atoms with Gasteiger partial charge in [0.1, 0.15) is 0 Å². The first-order chi connectivity index (χ1) is 61.6. The maximum Gasteiger partial charge on any atom is 1.00 e. The van der Waals surface area contributed by atoms with Crippen LogP contribution < -0.4 is 57.3 Å². The molecule has 5 heterocycles. The van der Waals surface area contributed by atoms with Gasteiger partial charge in [0.05, 0.1) is 15.4 Å². The van der Waals surface area contributed by atoms with Gasteiger partial charge in [-0.15, -0.1) is 0 Å². The molecule has 736 valence electrons. The van der Waals surface area contributed by atoms with Crippen molar-refractivity contribution in [1.29, 1.82) is 0 Å². The van der Waals surface area contributed by atoms with Gasteiger partial charge in [0.15, 0.2) is 0 Å². The van der Waals surface area contributed by atoms with Crippen LogP contribution in [0.5, 0.6) is 0 Å². The van der Waals surface area contributed by atoms with Crippen molar-refractivity contribution in [3.63, 3.8) is 0 Å². The third-order valence-electron chi connectivity index (χ3n) is 21.4. The van der Waals surface area contributed by atoms with Crippen LogP contribution in [0.1, 0.15) is 265 Å². The number of unbranched alkanes of at least 4 members (excludes halogenated alkanes) is 1. The Morgan fingerprint density at radius 2 is 0.691 bits per heavy atom. The van der Waals surface area contributed by atoms with Gasteiger partial charge in [-0.1, -0.05) is 329 Å². The number of aromatic amines is 3. The number of para-hydroxylation sites is 6. The number of aryl methyl sites for hydroxylation is 4. The molecule has 0 fully saturated rings. The van der Waals surface area contributed by atoms with Crippen molar-refractivity contribution >= 4 is 129 Å². The molecule has 20 nitrogen and oxygen atoms in total. The first-order valence-electron chi connectivity index (χ1n) is 45.8. The molecule has 23 heteroatoms. The van der Waals surface area contributed by atoms with E-state index < -0.39 is 0 Å². The fraction of sp³-hybridized carbons (Fsp3) is 0.425. The van der Waals surface area contributed by atoms with Crippen LogP contribution in [-0.4, -0.2) is 59.2 Å². The van der Waals surface area contributed by atoms with E-state index in [-0.39, 0.29) is 113 Å². The van der Waals surface area contributed by atoms with Crippen LogP contribution in [0.3, 0.4) is 0 Å². The van der Waals surface area contributed by atoms with Crippen molar-refractivity contribution in [2.75, 3.05) is 38.5 Å². The van der Waals surface area contributed by atoms with Gasteiger partial charge in [-0.3, -0.25) is 39.4 Å². The zero-order valence-corrected chi connectivity index (χ0v) is 88.6. The number of nitrogens with zero attached hydrogens (tertiary/aromatic N) is 2. The molecule has 0 aliphatic carbocycles. The van der Waals surface area contributed by atoms with Gasteiger partial charge >= 0.3 is 18.9 Å². The van der Waals surface area contributed by atoms with Gasteiger partial charge in [-0.2, -0.15) is 6.42 Å². The number of nitrogens with one attached hydrogen (secondary N) is 7. The van der Waals surface area contributed by atoms with Crippen LogP contribution in [0, 0.1) is 87.3 Å². The first kappa shape index (κ1) is 123. The molecule has 12 aromatic rings. The molecule has 0 spiro atoms. The second-order valence-electron chi connectivity index (χ2n) is 43.2. The number of hydrogen-bond acceptors (Lipinski definition) is 13. The summed E-state index contributed by atoms with van der Waals surface area (Å²) in [6, 6.07) is 71.5. The van der Waals surface area contributed by atoms with Crippen LogP contribution in [0.25, 0.3) is 32.7 Å². The monoisotopic (exact) mass is 1890 g/mol. The second kappa shape index (κ2) is 54.1. The summed E-state index contributed by atoms with van der Waals surface area (Å²) in [6.07, 6.45) is 4.39. The quantitative estimate of drug-likeness (QED) is 0.0192. The van der Waals surface area contributed by atoms with Crippen LogP contribution in [0.4, 0.5) is 51.2 Å². The predicted octanol–water partition coefficient (Wildman–Crippen LogP) is 27.9. The number of amides is 2. The Kier molecular flexibility index (Phi) is 48.9. The predicted molar refractivity (Wildman–Crippen MR) is 580 cm³/mol. The summed E-state index contributed by atoms with van der Waals surface area (Å²) in [6.45, 7) is 68.7. The number of nitrogens with two attached hydrogens (primary N) is 3. The number of hydrogen-bond donors (Lipinski definition) is 10. The van der Waals surface area contributed by atoms with E-state index in [9.17, 15) is 39.4 Å². The number of aromatic nitrogens is 3. The van der Waals surface area contributed by atoms with E-state index in [2.05, 4.69) is 221 Å². The molecule has 2 aliphatic rings. The number of non-ortho nitro benzene ring substituents is 2. The van der Waals surface area contributed by atoms with E-state index in [4.69, 9.17) is 40.4 Å². The van der Waals surface area contributed by atoms with E-state index in [0.29, 0.717) is 17.5 Å². The Hall–Kier alpha value is -11.1. The minimum absolute atomic E-state index is 0. The minimum Gasteiger partial charge on any atom is -0.399 e. The number of nitro groups is 2. The zero-order chi connectivity index (χ0) is 102. The Balaban J connectivity index is 0.000000751. The Morgan fingerprint density at radius 1 is 0.390 bits per heavy atom. The van der Waals surface area contributed by atoms with E-state index in [1.165, 1.54) is 63.4 Å². The molecule has 0 saturated carbocycles. The standard InChI is InChI=1S/C12H16N2O2.C12H14N2O2.C12H16N2.2C12H17NO.C12H17N.C12H15N.2C7H9N.2C5H9ClO.C4H9.CH4.Li/c2*1-12(2,3)11-6-8-4-5-9(14(15)16)7-10(8)13-11;1-12(2,3)11-6-8-4-5-9(13)7-10(8)14-11;2*1-9-7-5-6-8-10(9)13-11(14)12(2,3)4;2*1-12(2,3)11-8-9-6-4-5-7-10(9)13-11;2*1-6-4-2-3-5-7(6)8;2*1-5(2,3)4(6)7;1-3-4-2;;/h4-5,7,11,13H,6H2,1-3H3;4-7,13H,1-3H3;4-7,14H,13H2,1-3H3;2*5-8H,1-4H3,(H,13,14);4-7,11,13H,8H2,1-3H3;4-8,13H,1-3H3;2*2-5H,8H2,1H3;2*1-3H3;1,3-4H2,2H3;1H4;/q;;;;;;;;;;;-1;;+1. The van der Waals surface area contributed by atoms with Gasteiger partial charge < -0.3 is 60.3 Å². The molecule has 9 aromatic carbocycles. The average molecular weight is 1890 g/mol. The summed E-state index contributed by atoms with van der Waals surface area (Å²) >= 11 is 10.2. The van der Waals surface area contributed by atoms with Crippen molar-refractivity contribution in [1.82, 2.24) is 15.0 Å². The maximum atomic E-state index is 11.7. The number of fused-ring (bicyclic) bond motifs is 5. The molecule has 0 bridgehead atoms. The van der Waals surface area contributed by atoms with Crippen molar-refractivity contribution in [2.24, 2.45) is 32.5 Å². The number of halogens is 2. The fourth-order valence-corrected chi connectivity index (χ4v) is 11.7. The van der Waals surface area contributed by atoms with Gasteiger partial charge in [0.2, 0.25) is 22.3 Å². The van der Waals surface area contributed by atoms with Crippen LogP contribution in [0.2, 0.25) is 0 Å². The molecule has 0 saturated heterocycles. The molecule has 2 aliphatic heterocycles. The van der Waals surface area contributed by atoms with Crippen LogP contribution in [-0.2, 0) is 48.3 Å². The number of carbonyl (C=O) groups is 4. The van der Waals surface area contributed by atoms with Crippen molar-refractivity contribution in [3.8, 4) is 0 Å². The Morgan fingerprint density at radius 3 is 1.01 bits per heavy atom. The minimum atomic E-state index is -0.378. The normalized spacial score (nSPS) is 12.8.